The normalized spacial score (nSPS) is 21.7. The van der Waals surface area contributed by atoms with Gasteiger partial charge >= 0.3 is 6.03 Å². The Labute approximate surface area is 221 Å². The molecular formula is C23H31I2N3O3S. The maximum absolute atomic E-state index is 12.1. The van der Waals surface area contributed by atoms with Gasteiger partial charge in [-0.15, -0.1) is 0 Å². The van der Waals surface area contributed by atoms with Crippen LogP contribution in [-0.4, -0.2) is 40.8 Å². The first-order valence-electron chi connectivity index (χ1n) is 11.4. The van der Waals surface area contributed by atoms with E-state index < -0.39 is 0 Å². The number of fused-ring (bicyclic) bond motifs is 1. The largest absolute Gasteiger partial charge is 0.332 e. The van der Waals surface area contributed by atoms with Crippen molar-refractivity contribution in [2.24, 2.45) is 0 Å². The highest BCUT2D eigenvalue weighted by Gasteiger charge is 2.42. The third-order valence-corrected chi connectivity index (χ3v) is 8.64. The molecule has 3 amide bonds. The molecule has 176 valence electrons. The van der Waals surface area contributed by atoms with Crippen LogP contribution in [-0.2, 0) is 9.59 Å². The number of rotatable bonds is 13. The number of nitrogens with one attached hydrogen (secondary N) is 3. The number of unbranched alkanes of at least 4 members (excludes halogenated alkanes) is 4. The van der Waals surface area contributed by atoms with E-state index in [1.165, 1.54) is 0 Å². The number of ketones is 1. The minimum atomic E-state index is -0.0399. The Bertz CT molecular complexity index is 803. The summed E-state index contributed by atoms with van der Waals surface area (Å²) >= 11 is 6.43. The maximum atomic E-state index is 12.1. The summed E-state index contributed by atoms with van der Waals surface area (Å²) in [6, 6.07) is 6.50. The molecule has 1 aromatic rings. The summed E-state index contributed by atoms with van der Waals surface area (Å²) in [4.78, 5) is 35.6. The highest BCUT2D eigenvalue weighted by atomic mass is 127. The van der Waals surface area contributed by atoms with Gasteiger partial charge in [0.25, 0.3) is 0 Å². The summed E-state index contributed by atoms with van der Waals surface area (Å²) in [6.45, 7) is 0. The first-order chi connectivity index (χ1) is 15.4. The number of urea groups is 1. The summed E-state index contributed by atoms with van der Waals surface area (Å²) in [5, 5.41) is 9.43. The zero-order chi connectivity index (χ0) is 22.9. The zero-order valence-electron chi connectivity index (χ0n) is 18.1. The van der Waals surface area contributed by atoms with Crippen LogP contribution in [0.1, 0.15) is 64.2 Å². The van der Waals surface area contributed by atoms with Gasteiger partial charge in [-0.05, 0) is 89.1 Å². The Morgan fingerprint density at radius 1 is 0.938 bits per heavy atom. The molecule has 0 bridgehead atoms. The van der Waals surface area contributed by atoms with E-state index >= 15 is 0 Å². The first kappa shape index (κ1) is 26.1. The third kappa shape index (κ3) is 8.66. The van der Waals surface area contributed by atoms with Crippen molar-refractivity contribution in [1.29, 1.82) is 0 Å². The van der Waals surface area contributed by atoms with Gasteiger partial charge in [0.15, 0.2) is 0 Å². The summed E-state index contributed by atoms with van der Waals surface area (Å²) in [6.07, 6.45) is 8.60. The van der Waals surface area contributed by atoms with Crippen molar-refractivity contribution < 1.29 is 14.4 Å². The lowest BCUT2D eigenvalue weighted by atomic mass is 10.0. The number of amides is 3. The standard InChI is InChI=1S/C23H31I2N3O3S/c24-15-11-16(25)13-17(12-15)26-21(30)10-4-2-1-3-7-18(29)8-5-6-9-20-22-19(14-32-20)27-23(31)28-22/h11-13,19-20,22H,1-10,14H2,(H,26,30)(H2,27,28,31)/t19-,20?,22-/m0/s1. The predicted octanol–water partition coefficient (Wildman–Crippen LogP) is 5.47. The minimum Gasteiger partial charge on any atom is -0.332 e. The van der Waals surface area contributed by atoms with Crippen molar-refractivity contribution in [3.63, 3.8) is 0 Å². The van der Waals surface area contributed by atoms with Crippen molar-refractivity contribution in [2.45, 2.75) is 81.5 Å². The average Bonchev–Trinajstić information content (AvgIpc) is 3.26. The van der Waals surface area contributed by atoms with E-state index in [0.717, 1.165) is 63.5 Å². The van der Waals surface area contributed by atoms with Crippen molar-refractivity contribution in [2.75, 3.05) is 11.1 Å². The molecule has 2 aliphatic rings. The molecule has 0 aliphatic carbocycles. The van der Waals surface area contributed by atoms with E-state index in [2.05, 4.69) is 67.2 Å². The highest BCUT2D eigenvalue weighted by molar-refractivity contribution is 14.1. The van der Waals surface area contributed by atoms with Crippen LogP contribution in [0, 0.1) is 7.14 Å². The van der Waals surface area contributed by atoms with Gasteiger partial charge < -0.3 is 16.0 Å². The Morgan fingerprint density at radius 3 is 2.31 bits per heavy atom. The fourth-order valence-electron chi connectivity index (χ4n) is 4.25. The van der Waals surface area contributed by atoms with Crippen LogP contribution in [0.25, 0.3) is 0 Å². The molecule has 0 radical (unpaired) electrons. The molecule has 32 heavy (non-hydrogen) atoms. The lowest BCUT2D eigenvalue weighted by molar-refractivity contribution is -0.119. The Hall–Kier alpha value is -0.560. The predicted molar refractivity (Wildman–Crippen MR) is 147 cm³/mol. The van der Waals surface area contributed by atoms with Crippen LogP contribution in [0.15, 0.2) is 18.2 Å². The van der Waals surface area contributed by atoms with E-state index in [0.29, 0.717) is 30.3 Å². The van der Waals surface area contributed by atoms with Crippen LogP contribution in [0.2, 0.25) is 0 Å². The maximum Gasteiger partial charge on any atom is 0.315 e. The van der Waals surface area contributed by atoms with Crippen molar-refractivity contribution in [3.8, 4) is 0 Å². The Morgan fingerprint density at radius 2 is 1.59 bits per heavy atom. The molecule has 0 saturated carbocycles. The highest BCUT2D eigenvalue weighted by Crippen LogP contribution is 2.33. The number of hydrogen-bond acceptors (Lipinski definition) is 4. The number of carbonyl (C=O) groups is 3. The lowest BCUT2D eigenvalue weighted by Gasteiger charge is -2.16. The van der Waals surface area contributed by atoms with Crippen molar-refractivity contribution in [1.82, 2.24) is 10.6 Å². The molecule has 6 nitrogen and oxygen atoms in total. The molecule has 3 atom stereocenters. The summed E-state index contributed by atoms with van der Waals surface area (Å²) < 4.78 is 2.22. The second-order valence-corrected chi connectivity index (χ2v) is 12.3. The number of Topliss-reactive ketones (excluding diaryl/α,β-unsaturated/α-hetero) is 1. The van der Waals surface area contributed by atoms with E-state index in [4.69, 9.17) is 0 Å². The summed E-state index contributed by atoms with van der Waals surface area (Å²) in [5.74, 6) is 1.39. The summed E-state index contributed by atoms with van der Waals surface area (Å²) in [5.41, 5.74) is 0.855. The molecule has 1 unspecified atom stereocenters. The lowest BCUT2D eigenvalue weighted by Crippen LogP contribution is -2.36. The number of halogens is 2. The number of hydrogen-bond donors (Lipinski definition) is 3. The molecule has 2 aliphatic heterocycles. The molecule has 2 fully saturated rings. The van der Waals surface area contributed by atoms with E-state index in [1.54, 1.807) is 0 Å². The SMILES string of the molecule is O=C(CCCCCCC(=O)Nc1cc(I)cc(I)c1)CCCCC1SC[C@@H]2NC(=O)N[C@H]12. The number of thioether (sulfide) groups is 1. The quantitative estimate of drug-likeness (QED) is 0.146. The molecule has 0 spiro atoms. The average molecular weight is 683 g/mol. The zero-order valence-corrected chi connectivity index (χ0v) is 23.3. The monoisotopic (exact) mass is 683 g/mol. The van der Waals surface area contributed by atoms with Gasteiger partial charge in [0.1, 0.15) is 5.78 Å². The van der Waals surface area contributed by atoms with Gasteiger partial charge in [-0.1, -0.05) is 19.3 Å². The van der Waals surface area contributed by atoms with Crippen molar-refractivity contribution in [3.05, 3.63) is 25.3 Å². The first-order valence-corrected chi connectivity index (χ1v) is 14.6. The molecule has 9 heteroatoms. The topological polar surface area (TPSA) is 87.3 Å². The molecule has 3 rings (SSSR count). The molecule has 3 N–H and O–H groups in total. The smallest absolute Gasteiger partial charge is 0.315 e. The van der Waals surface area contributed by atoms with E-state index in [9.17, 15) is 14.4 Å². The van der Waals surface area contributed by atoms with Gasteiger partial charge in [0.2, 0.25) is 5.91 Å². The molecule has 2 saturated heterocycles. The van der Waals surface area contributed by atoms with Gasteiger partial charge in [0.05, 0.1) is 12.1 Å². The second-order valence-electron chi connectivity index (χ2n) is 8.53. The second kappa shape index (κ2) is 13.4. The minimum absolute atomic E-state index is 0.0399. The van der Waals surface area contributed by atoms with Crippen molar-refractivity contribution >= 4 is 80.4 Å². The van der Waals surface area contributed by atoms with Crippen LogP contribution in [0.3, 0.4) is 0 Å². The van der Waals surface area contributed by atoms with Gasteiger partial charge in [-0.2, -0.15) is 11.8 Å². The Balaban J connectivity index is 1.16. The number of carbonyl (C=O) groups excluding carboxylic acids is 3. The Kier molecular flexibility index (Phi) is 10.9. The van der Waals surface area contributed by atoms with Gasteiger partial charge in [-0.3, -0.25) is 9.59 Å². The van der Waals surface area contributed by atoms with Crippen LogP contribution >= 0.6 is 56.9 Å². The van der Waals surface area contributed by atoms with Crippen LogP contribution in [0.4, 0.5) is 10.5 Å². The fraction of sp³-hybridized carbons (Fsp3) is 0.609. The third-order valence-electron chi connectivity index (χ3n) is 5.89. The number of anilines is 1. The molecule has 1 aromatic carbocycles. The molecule has 2 heterocycles. The molecule has 0 aromatic heterocycles. The summed E-state index contributed by atoms with van der Waals surface area (Å²) in [7, 11) is 0. The van der Waals surface area contributed by atoms with E-state index in [1.807, 2.05) is 23.9 Å². The van der Waals surface area contributed by atoms with Crippen LogP contribution < -0.4 is 16.0 Å². The van der Waals surface area contributed by atoms with Crippen LogP contribution in [0.5, 0.6) is 0 Å². The fourth-order valence-corrected chi connectivity index (χ4v) is 7.73. The number of benzene rings is 1. The van der Waals surface area contributed by atoms with Gasteiger partial charge in [0, 0.05) is 43.1 Å². The molecular weight excluding hydrogens is 652 g/mol. The van der Waals surface area contributed by atoms with E-state index in [-0.39, 0.29) is 24.0 Å². The van der Waals surface area contributed by atoms with Gasteiger partial charge in [-0.25, -0.2) is 4.79 Å².